The zero-order chi connectivity index (χ0) is 20.9. The Morgan fingerprint density at radius 1 is 0.828 bits per heavy atom. The number of sulfonamides is 1. The Kier molecular flexibility index (Phi) is 6.43. The van der Waals surface area contributed by atoms with Gasteiger partial charge in [-0.25, -0.2) is 13.1 Å². The van der Waals surface area contributed by atoms with Gasteiger partial charge < -0.3 is 5.32 Å². The minimum Gasteiger partial charge on any atom is -0.324 e. The number of para-hydroxylation sites is 1. The molecule has 0 aliphatic heterocycles. The molecule has 0 aliphatic carbocycles. The minimum atomic E-state index is -3.81. The number of rotatable bonds is 7. The second kappa shape index (κ2) is 9.00. The van der Waals surface area contributed by atoms with Crippen LogP contribution in [0.25, 0.3) is 0 Å². The maximum absolute atomic E-state index is 12.8. The van der Waals surface area contributed by atoms with Crippen LogP contribution in [0.15, 0.2) is 83.8 Å². The third kappa shape index (κ3) is 5.29. The summed E-state index contributed by atoms with van der Waals surface area (Å²) in [6.07, 6.45) is 0. The van der Waals surface area contributed by atoms with E-state index in [-0.39, 0.29) is 21.9 Å². The fraction of sp³-hybridized carbons (Fsp3) is 0.0476. The van der Waals surface area contributed by atoms with Gasteiger partial charge in [-0.3, -0.25) is 9.59 Å². The van der Waals surface area contributed by atoms with Crippen LogP contribution in [0.3, 0.4) is 0 Å². The van der Waals surface area contributed by atoms with Gasteiger partial charge in [0, 0.05) is 16.1 Å². The summed E-state index contributed by atoms with van der Waals surface area (Å²) in [7, 11) is -3.81. The molecule has 148 valence electrons. The second-order valence-corrected chi connectivity index (χ2v) is 8.27. The molecule has 0 atom stereocenters. The van der Waals surface area contributed by atoms with Crippen LogP contribution in [0.4, 0.5) is 5.69 Å². The zero-order valence-corrected chi connectivity index (χ0v) is 16.7. The van der Waals surface area contributed by atoms with Crippen LogP contribution < -0.4 is 10.0 Å². The fourth-order valence-electron chi connectivity index (χ4n) is 2.58. The first-order valence-electron chi connectivity index (χ1n) is 8.61. The molecule has 8 heteroatoms. The van der Waals surface area contributed by atoms with Gasteiger partial charge >= 0.3 is 0 Å². The van der Waals surface area contributed by atoms with Gasteiger partial charge in [-0.05, 0) is 48.5 Å². The average molecular weight is 429 g/mol. The SMILES string of the molecule is O=C(CNS(=O)(=O)c1ccccc1)Nc1ccccc1C(=O)c1ccc(Cl)cc1. The minimum absolute atomic E-state index is 0.0612. The van der Waals surface area contributed by atoms with E-state index >= 15 is 0 Å². The Morgan fingerprint density at radius 2 is 1.45 bits per heavy atom. The van der Waals surface area contributed by atoms with E-state index in [1.54, 1.807) is 66.7 Å². The molecule has 0 aliphatic rings. The van der Waals surface area contributed by atoms with Gasteiger partial charge in [0.25, 0.3) is 0 Å². The van der Waals surface area contributed by atoms with Crippen LogP contribution >= 0.6 is 11.6 Å². The highest BCUT2D eigenvalue weighted by molar-refractivity contribution is 7.89. The predicted octanol–water partition coefficient (Wildman–Crippen LogP) is 3.49. The molecule has 0 unspecified atom stereocenters. The van der Waals surface area contributed by atoms with E-state index in [1.807, 2.05) is 0 Å². The quantitative estimate of drug-likeness (QED) is 0.563. The smallest absolute Gasteiger partial charge is 0.241 e. The molecule has 6 nitrogen and oxygen atoms in total. The number of ketones is 1. The lowest BCUT2D eigenvalue weighted by Gasteiger charge is -2.11. The van der Waals surface area contributed by atoms with Crippen molar-refractivity contribution in [3.05, 3.63) is 95.0 Å². The zero-order valence-electron chi connectivity index (χ0n) is 15.1. The number of carbonyl (C=O) groups excluding carboxylic acids is 2. The summed E-state index contributed by atoms with van der Waals surface area (Å²) in [5.74, 6) is -0.886. The van der Waals surface area contributed by atoms with Crippen molar-refractivity contribution in [2.24, 2.45) is 0 Å². The predicted molar refractivity (Wildman–Crippen MR) is 112 cm³/mol. The largest absolute Gasteiger partial charge is 0.324 e. The maximum Gasteiger partial charge on any atom is 0.241 e. The summed E-state index contributed by atoms with van der Waals surface area (Å²) in [6.45, 7) is -0.472. The van der Waals surface area contributed by atoms with Crippen LogP contribution in [0.2, 0.25) is 5.02 Å². The van der Waals surface area contributed by atoms with Gasteiger partial charge in [-0.15, -0.1) is 0 Å². The third-order valence-corrected chi connectivity index (χ3v) is 5.70. The second-order valence-electron chi connectivity index (χ2n) is 6.07. The molecule has 3 aromatic carbocycles. The van der Waals surface area contributed by atoms with E-state index in [0.717, 1.165) is 0 Å². The molecule has 0 fully saturated rings. The Labute approximate surface area is 173 Å². The van der Waals surface area contributed by atoms with Gasteiger partial charge in [0.05, 0.1) is 17.1 Å². The summed E-state index contributed by atoms with van der Waals surface area (Å²) in [4.78, 5) is 25.1. The van der Waals surface area contributed by atoms with Crippen molar-refractivity contribution >= 4 is 39.0 Å². The van der Waals surface area contributed by atoms with Crippen molar-refractivity contribution < 1.29 is 18.0 Å². The molecule has 3 rings (SSSR count). The van der Waals surface area contributed by atoms with E-state index in [0.29, 0.717) is 10.6 Å². The highest BCUT2D eigenvalue weighted by Crippen LogP contribution is 2.20. The Hall–Kier alpha value is -3.00. The number of hydrogen-bond donors (Lipinski definition) is 2. The van der Waals surface area contributed by atoms with Gasteiger partial charge in [-0.2, -0.15) is 0 Å². The first kappa shape index (κ1) is 20.7. The normalized spacial score (nSPS) is 11.1. The highest BCUT2D eigenvalue weighted by atomic mass is 35.5. The van der Waals surface area contributed by atoms with Crippen LogP contribution in [-0.2, 0) is 14.8 Å². The number of hydrogen-bond acceptors (Lipinski definition) is 4. The van der Waals surface area contributed by atoms with Gasteiger partial charge in [0.15, 0.2) is 5.78 Å². The monoisotopic (exact) mass is 428 g/mol. The van der Waals surface area contributed by atoms with Crippen LogP contribution in [0.1, 0.15) is 15.9 Å². The number of amides is 1. The number of benzene rings is 3. The summed E-state index contributed by atoms with van der Waals surface area (Å²) >= 11 is 5.85. The molecule has 0 bridgehead atoms. The van der Waals surface area contributed by atoms with E-state index in [1.165, 1.54) is 12.1 Å². The topological polar surface area (TPSA) is 92.3 Å². The van der Waals surface area contributed by atoms with Gasteiger partial charge in [0.1, 0.15) is 0 Å². The van der Waals surface area contributed by atoms with Gasteiger partial charge in [-0.1, -0.05) is 41.9 Å². The van der Waals surface area contributed by atoms with Gasteiger partial charge in [0.2, 0.25) is 15.9 Å². The maximum atomic E-state index is 12.8. The Bertz CT molecular complexity index is 1130. The number of halogens is 1. The lowest BCUT2D eigenvalue weighted by Crippen LogP contribution is -2.33. The summed E-state index contributed by atoms with van der Waals surface area (Å²) in [5, 5.41) is 3.09. The summed E-state index contributed by atoms with van der Waals surface area (Å²) < 4.78 is 26.7. The number of nitrogens with one attached hydrogen (secondary N) is 2. The van der Waals surface area contributed by atoms with Crippen molar-refractivity contribution in [1.82, 2.24) is 4.72 Å². The molecule has 0 aromatic heterocycles. The first-order valence-corrected chi connectivity index (χ1v) is 10.5. The molecule has 0 saturated carbocycles. The van der Waals surface area contributed by atoms with Crippen molar-refractivity contribution in [2.45, 2.75) is 4.90 Å². The average Bonchev–Trinajstić information content (AvgIpc) is 2.73. The molecule has 2 N–H and O–H groups in total. The van der Waals surface area contributed by atoms with E-state index in [9.17, 15) is 18.0 Å². The van der Waals surface area contributed by atoms with Crippen molar-refractivity contribution in [1.29, 1.82) is 0 Å². The van der Waals surface area contributed by atoms with E-state index in [2.05, 4.69) is 10.0 Å². The third-order valence-electron chi connectivity index (χ3n) is 4.03. The molecular formula is C21H17ClN2O4S. The molecule has 0 spiro atoms. The molecule has 0 radical (unpaired) electrons. The fourth-order valence-corrected chi connectivity index (χ4v) is 3.71. The van der Waals surface area contributed by atoms with Crippen molar-refractivity contribution in [3.63, 3.8) is 0 Å². The van der Waals surface area contributed by atoms with Crippen molar-refractivity contribution in [3.8, 4) is 0 Å². The molecule has 1 amide bonds. The van der Waals surface area contributed by atoms with E-state index < -0.39 is 22.5 Å². The van der Waals surface area contributed by atoms with Crippen molar-refractivity contribution in [2.75, 3.05) is 11.9 Å². The summed E-state index contributed by atoms with van der Waals surface area (Å²) in [6, 6.07) is 20.6. The molecule has 3 aromatic rings. The van der Waals surface area contributed by atoms with Crippen LogP contribution in [-0.4, -0.2) is 26.7 Å². The van der Waals surface area contributed by atoms with Crippen LogP contribution in [0, 0.1) is 0 Å². The molecule has 0 saturated heterocycles. The molecule has 0 heterocycles. The summed E-state index contributed by atoms with van der Waals surface area (Å²) in [5.41, 5.74) is 0.992. The first-order chi connectivity index (χ1) is 13.9. The number of carbonyl (C=O) groups is 2. The lowest BCUT2D eigenvalue weighted by atomic mass is 10.0. The highest BCUT2D eigenvalue weighted by Gasteiger charge is 2.17. The molecular weight excluding hydrogens is 412 g/mol. The Morgan fingerprint density at radius 3 is 2.14 bits per heavy atom. The lowest BCUT2D eigenvalue weighted by molar-refractivity contribution is -0.115. The standard InChI is InChI=1S/C21H17ClN2O4S/c22-16-12-10-15(11-13-16)21(26)18-8-4-5-9-19(18)24-20(25)14-23-29(27,28)17-6-2-1-3-7-17/h1-13,23H,14H2,(H,24,25). The molecule has 29 heavy (non-hydrogen) atoms. The number of anilines is 1. The van der Waals surface area contributed by atoms with Crippen LogP contribution in [0.5, 0.6) is 0 Å². The van der Waals surface area contributed by atoms with E-state index in [4.69, 9.17) is 11.6 Å². The Balaban J connectivity index is 1.71.